The van der Waals surface area contributed by atoms with Gasteiger partial charge in [0.2, 0.25) is 0 Å². The minimum Gasteiger partial charge on any atom is -0.0884 e. The van der Waals surface area contributed by atoms with Crippen molar-refractivity contribution >= 4 is 15.9 Å². The summed E-state index contributed by atoms with van der Waals surface area (Å²) in [6.07, 6.45) is 9.15. The first-order valence-corrected chi connectivity index (χ1v) is 7.31. The number of hydrogen-bond acceptors (Lipinski definition) is 0. The lowest BCUT2D eigenvalue weighted by molar-refractivity contribution is 0.169. The van der Waals surface area contributed by atoms with Crippen molar-refractivity contribution in [2.45, 2.75) is 50.3 Å². The van der Waals surface area contributed by atoms with E-state index in [-0.39, 0.29) is 0 Å². The maximum absolute atomic E-state index is 4.03. The average Bonchev–Trinajstić information content (AvgIpc) is 2.71. The van der Waals surface area contributed by atoms with Gasteiger partial charge in [-0.1, -0.05) is 35.7 Å². The fraction of sp³-hybridized carbons (Fsp3) is 1.00. The largest absolute Gasteiger partial charge is 0.0884 e. The fourth-order valence-corrected chi connectivity index (χ4v) is 5.93. The molecule has 6 atom stereocenters. The van der Waals surface area contributed by atoms with Crippen LogP contribution >= 0.6 is 15.9 Å². The molecule has 0 heterocycles. The topological polar surface area (TPSA) is 0 Å². The van der Waals surface area contributed by atoms with Gasteiger partial charge in [-0.05, 0) is 55.3 Å². The maximum atomic E-state index is 4.03. The van der Waals surface area contributed by atoms with E-state index in [2.05, 4.69) is 22.9 Å². The second kappa shape index (κ2) is 3.50. The van der Waals surface area contributed by atoms with Crippen LogP contribution in [0.2, 0.25) is 0 Å². The molecule has 80 valence electrons. The average molecular weight is 257 g/mol. The molecule has 0 radical (unpaired) electrons. The summed E-state index contributed by atoms with van der Waals surface area (Å²) in [5, 5.41) is 0. The lowest BCUT2D eigenvalue weighted by Gasteiger charge is -2.39. The Morgan fingerprint density at radius 1 is 0.929 bits per heavy atom. The van der Waals surface area contributed by atoms with Crippen LogP contribution in [-0.2, 0) is 0 Å². The lowest BCUT2D eigenvalue weighted by Crippen LogP contribution is -2.35. The molecule has 1 heteroatoms. The van der Waals surface area contributed by atoms with Crippen molar-refractivity contribution in [3.05, 3.63) is 0 Å². The van der Waals surface area contributed by atoms with E-state index >= 15 is 0 Å². The number of hydrogen-bond donors (Lipinski definition) is 0. The third kappa shape index (κ3) is 1.38. The Morgan fingerprint density at radius 3 is 2.64 bits per heavy atom. The predicted octanol–water partition coefficient (Wildman–Crippen LogP) is 4.23. The zero-order valence-electron chi connectivity index (χ0n) is 9.08. The summed E-state index contributed by atoms with van der Waals surface area (Å²) in [6.45, 7) is 2.45. The van der Waals surface area contributed by atoms with Crippen molar-refractivity contribution in [2.75, 3.05) is 0 Å². The van der Waals surface area contributed by atoms with Gasteiger partial charge < -0.3 is 0 Å². The SMILES string of the molecule is CC1CC2CC3CCC[C@H]3C(Br)C2C1. The normalized spacial score (nSPS) is 57.0. The van der Waals surface area contributed by atoms with Crippen molar-refractivity contribution in [3.8, 4) is 0 Å². The Morgan fingerprint density at radius 2 is 1.79 bits per heavy atom. The maximum Gasteiger partial charge on any atom is 0.0207 e. The second-order valence-corrected chi connectivity index (χ2v) is 7.09. The van der Waals surface area contributed by atoms with Crippen LogP contribution in [0.25, 0.3) is 0 Å². The number of halogens is 1. The van der Waals surface area contributed by atoms with Crippen LogP contribution in [-0.4, -0.2) is 4.83 Å². The Kier molecular flexibility index (Phi) is 2.42. The molecule has 5 unspecified atom stereocenters. The zero-order valence-corrected chi connectivity index (χ0v) is 10.7. The highest BCUT2D eigenvalue weighted by molar-refractivity contribution is 9.09. The van der Waals surface area contributed by atoms with E-state index < -0.39 is 0 Å². The van der Waals surface area contributed by atoms with Gasteiger partial charge >= 0.3 is 0 Å². The minimum absolute atomic E-state index is 0.874. The van der Waals surface area contributed by atoms with E-state index in [0.29, 0.717) is 0 Å². The molecule has 0 spiro atoms. The molecule has 3 saturated carbocycles. The summed E-state index contributed by atoms with van der Waals surface area (Å²) in [6, 6.07) is 0. The summed E-state index contributed by atoms with van der Waals surface area (Å²) in [5.41, 5.74) is 0. The van der Waals surface area contributed by atoms with Gasteiger partial charge in [-0.25, -0.2) is 0 Å². The first kappa shape index (κ1) is 9.69. The van der Waals surface area contributed by atoms with E-state index in [0.717, 1.165) is 34.4 Å². The van der Waals surface area contributed by atoms with Gasteiger partial charge in [-0.3, -0.25) is 0 Å². The van der Waals surface area contributed by atoms with Gasteiger partial charge in [0.1, 0.15) is 0 Å². The monoisotopic (exact) mass is 256 g/mol. The Labute approximate surface area is 96.0 Å². The smallest absolute Gasteiger partial charge is 0.0207 e. The molecule has 3 aliphatic carbocycles. The molecule has 14 heavy (non-hydrogen) atoms. The van der Waals surface area contributed by atoms with Crippen LogP contribution in [0, 0.1) is 29.6 Å². The number of rotatable bonds is 0. The Hall–Kier alpha value is 0.480. The fourth-order valence-electron chi connectivity index (χ4n) is 4.59. The van der Waals surface area contributed by atoms with E-state index in [1.165, 1.54) is 32.1 Å². The van der Waals surface area contributed by atoms with Gasteiger partial charge in [-0.15, -0.1) is 0 Å². The van der Waals surface area contributed by atoms with Gasteiger partial charge in [0.05, 0.1) is 0 Å². The van der Waals surface area contributed by atoms with Crippen molar-refractivity contribution in [3.63, 3.8) is 0 Å². The molecule has 0 aromatic rings. The number of alkyl halides is 1. The van der Waals surface area contributed by atoms with Crippen molar-refractivity contribution in [2.24, 2.45) is 29.6 Å². The van der Waals surface area contributed by atoms with Crippen LogP contribution in [0.3, 0.4) is 0 Å². The standard InChI is InChI=1S/C13H21Br/c1-8-5-10-7-9-3-2-4-11(9)13(14)12(10)6-8/h8-13H,2-7H2,1H3/t8?,9?,10?,11-,12?,13?/m1/s1. The molecule has 0 aliphatic heterocycles. The molecule has 3 fully saturated rings. The van der Waals surface area contributed by atoms with Crippen LogP contribution < -0.4 is 0 Å². The zero-order chi connectivity index (χ0) is 9.71. The molecular formula is C13H21Br. The third-order valence-electron chi connectivity index (χ3n) is 5.13. The van der Waals surface area contributed by atoms with Crippen LogP contribution in [0.5, 0.6) is 0 Å². The predicted molar refractivity (Wildman–Crippen MR) is 63.5 cm³/mol. The van der Waals surface area contributed by atoms with Crippen LogP contribution in [0.15, 0.2) is 0 Å². The summed E-state index contributed by atoms with van der Waals surface area (Å²) in [5.74, 6) is 5.24. The second-order valence-electron chi connectivity index (χ2n) is 6.04. The molecule has 0 bridgehead atoms. The third-order valence-corrected chi connectivity index (χ3v) is 6.48. The summed E-state index contributed by atoms with van der Waals surface area (Å²) >= 11 is 4.03. The highest BCUT2D eigenvalue weighted by Gasteiger charge is 2.48. The van der Waals surface area contributed by atoms with Crippen molar-refractivity contribution in [1.82, 2.24) is 0 Å². The van der Waals surface area contributed by atoms with Crippen molar-refractivity contribution < 1.29 is 0 Å². The minimum atomic E-state index is 0.874. The van der Waals surface area contributed by atoms with Gasteiger partial charge in [0, 0.05) is 4.83 Å². The van der Waals surface area contributed by atoms with Crippen LogP contribution in [0.1, 0.15) is 45.4 Å². The summed E-state index contributed by atoms with van der Waals surface area (Å²) < 4.78 is 0. The first-order chi connectivity index (χ1) is 6.75. The van der Waals surface area contributed by atoms with E-state index in [4.69, 9.17) is 0 Å². The highest BCUT2D eigenvalue weighted by atomic mass is 79.9. The molecule has 0 N–H and O–H groups in total. The molecule has 0 aromatic heterocycles. The van der Waals surface area contributed by atoms with E-state index in [1.54, 1.807) is 6.42 Å². The molecule has 3 rings (SSSR count). The Balaban J connectivity index is 1.80. The van der Waals surface area contributed by atoms with Crippen molar-refractivity contribution in [1.29, 1.82) is 0 Å². The van der Waals surface area contributed by atoms with E-state index in [1.807, 2.05) is 0 Å². The molecule has 0 saturated heterocycles. The lowest BCUT2D eigenvalue weighted by atomic mass is 9.71. The molecule has 3 aliphatic rings. The first-order valence-electron chi connectivity index (χ1n) is 6.39. The Bertz CT molecular complexity index is 225. The molecule has 0 amide bonds. The summed E-state index contributed by atoms with van der Waals surface area (Å²) in [7, 11) is 0. The molecule has 0 nitrogen and oxygen atoms in total. The van der Waals surface area contributed by atoms with Gasteiger partial charge in [0.15, 0.2) is 0 Å². The quantitative estimate of drug-likeness (QED) is 0.569. The van der Waals surface area contributed by atoms with E-state index in [9.17, 15) is 0 Å². The highest BCUT2D eigenvalue weighted by Crippen LogP contribution is 2.55. The molecular weight excluding hydrogens is 236 g/mol. The summed E-state index contributed by atoms with van der Waals surface area (Å²) in [4.78, 5) is 0.874. The molecule has 0 aromatic carbocycles. The number of fused-ring (bicyclic) bond motifs is 2. The van der Waals surface area contributed by atoms with Gasteiger partial charge in [0.25, 0.3) is 0 Å². The van der Waals surface area contributed by atoms with Crippen LogP contribution in [0.4, 0.5) is 0 Å². The van der Waals surface area contributed by atoms with Gasteiger partial charge in [-0.2, -0.15) is 0 Å².